The van der Waals surface area contributed by atoms with Crippen molar-refractivity contribution in [2.24, 2.45) is 7.05 Å². The van der Waals surface area contributed by atoms with Gasteiger partial charge in [0.2, 0.25) is 11.8 Å². The molecule has 0 unspecified atom stereocenters. The number of aromatic nitrogens is 4. The number of H-pyrrole nitrogens is 1. The Kier molecular flexibility index (Phi) is 2.58. The molecule has 0 aliphatic rings. The molecule has 0 spiro atoms. The predicted octanol–water partition coefficient (Wildman–Crippen LogP) is 1.25. The van der Waals surface area contributed by atoms with E-state index in [9.17, 15) is 4.79 Å². The topological polar surface area (TPSA) is 93.0 Å². The zero-order chi connectivity index (χ0) is 12.6. The fourth-order valence-corrected chi connectivity index (χ4v) is 1.54. The van der Waals surface area contributed by atoms with Gasteiger partial charge in [0, 0.05) is 18.8 Å². The third kappa shape index (κ3) is 1.99. The van der Waals surface area contributed by atoms with Crippen LogP contribution in [0.25, 0.3) is 0 Å². The fraction of sp³-hybridized carbons (Fsp3) is 0.300. The highest BCUT2D eigenvalue weighted by atomic mass is 16.5. The zero-order valence-electron chi connectivity index (χ0n) is 9.68. The van der Waals surface area contributed by atoms with E-state index in [2.05, 4.69) is 15.3 Å². The number of carboxylic acid groups (broad SMARTS) is 1. The van der Waals surface area contributed by atoms with Crippen LogP contribution < -0.4 is 4.74 Å². The first-order chi connectivity index (χ1) is 7.99. The van der Waals surface area contributed by atoms with Gasteiger partial charge in [0.05, 0.1) is 5.69 Å². The van der Waals surface area contributed by atoms with Crippen molar-refractivity contribution in [1.82, 2.24) is 20.0 Å². The van der Waals surface area contributed by atoms with Crippen LogP contribution in [0.4, 0.5) is 0 Å². The second-order valence-electron chi connectivity index (χ2n) is 3.69. The Labute approximate surface area is 97.0 Å². The molecular formula is C10H12N4O3. The van der Waals surface area contributed by atoms with Crippen molar-refractivity contribution in [2.75, 3.05) is 0 Å². The van der Waals surface area contributed by atoms with E-state index >= 15 is 0 Å². The van der Waals surface area contributed by atoms with E-state index in [1.165, 1.54) is 4.68 Å². The molecule has 0 radical (unpaired) electrons. The first kappa shape index (κ1) is 11.2. The van der Waals surface area contributed by atoms with E-state index in [0.717, 1.165) is 5.69 Å². The average molecular weight is 236 g/mol. The number of carbonyl (C=O) groups is 1. The average Bonchev–Trinajstić information content (AvgIpc) is 2.72. The smallest absolute Gasteiger partial charge is 0.343 e. The molecule has 0 aliphatic carbocycles. The zero-order valence-corrected chi connectivity index (χ0v) is 9.68. The summed E-state index contributed by atoms with van der Waals surface area (Å²) in [5.74, 6) is -0.590. The van der Waals surface area contributed by atoms with E-state index in [0.29, 0.717) is 11.6 Å². The lowest BCUT2D eigenvalue weighted by Crippen LogP contribution is -2.02. The Bertz CT molecular complexity index is 570. The number of nitrogens with zero attached hydrogens (tertiary/aromatic N) is 3. The largest absolute Gasteiger partial charge is 0.477 e. The van der Waals surface area contributed by atoms with Crippen LogP contribution in [0.3, 0.4) is 0 Å². The van der Waals surface area contributed by atoms with Crippen LogP contribution in [0.1, 0.15) is 21.7 Å². The number of hydrogen-bond donors (Lipinski definition) is 2. The van der Waals surface area contributed by atoms with Crippen molar-refractivity contribution in [3.63, 3.8) is 0 Å². The normalized spacial score (nSPS) is 10.5. The maximum Gasteiger partial charge on any atom is 0.343 e. The SMILES string of the molecule is Cc1cc(Oc2c(C(=O)O)c(C)nn2C)n[nH]1. The number of aromatic carboxylic acids is 1. The first-order valence-electron chi connectivity index (χ1n) is 4.95. The van der Waals surface area contributed by atoms with Crippen molar-refractivity contribution in [3.8, 4) is 11.8 Å². The molecular weight excluding hydrogens is 224 g/mol. The van der Waals surface area contributed by atoms with Gasteiger partial charge in [0.15, 0.2) is 0 Å². The summed E-state index contributed by atoms with van der Waals surface area (Å²) in [6, 6.07) is 1.67. The first-order valence-corrected chi connectivity index (χ1v) is 4.95. The Hall–Kier alpha value is -2.31. The number of nitrogens with one attached hydrogen (secondary N) is 1. The molecule has 2 N–H and O–H groups in total. The Balaban J connectivity index is 2.41. The quantitative estimate of drug-likeness (QED) is 0.836. The van der Waals surface area contributed by atoms with Crippen molar-refractivity contribution < 1.29 is 14.6 Å². The number of carboxylic acids is 1. The van der Waals surface area contributed by atoms with Crippen LogP contribution in [0.2, 0.25) is 0 Å². The van der Waals surface area contributed by atoms with Gasteiger partial charge in [0.25, 0.3) is 0 Å². The molecule has 0 aliphatic heterocycles. The monoisotopic (exact) mass is 236 g/mol. The van der Waals surface area contributed by atoms with Crippen LogP contribution in [0.5, 0.6) is 11.8 Å². The number of rotatable bonds is 3. The van der Waals surface area contributed by atoms with Crippen LogP contribution in [-0.2, 0) is 7.05 Å². The number of hydrogen-bond acceptors (Lipinski definition) is 4. The van der Waals surface area contributed by atoms with Crippen LogP contribution in [0, 0.1) is 13.8 Å². The summed E-state index contributed by atoms with van der Waals surface area (Å²) in [7, 11) is 1.62. The van der Waals surface area contributed by atoms with Crippen molar-refractivity contribution >= 4 is 5.97 Å². The van der Waals surface area contributed by atoms with E-state index in [1.807, 2.05) is 6.92 Å². The second kappa shape index (κ2) is 3.93. The maximum absolute atomic E-state index is 11.1. The molecule has 0 aromatic carbocycles. The molecule has 0 saturated heterocycles. The van der Waals surface area contributed by atoms with E-state index < -0.39 is 5.97 Å². The van der Waals surface area contributed by atoms with Gasteiger partial charge in [-0.2, -0.15) is 5.10 Å². The lowest BCUT2D eigenvalue weighted by atomic mass is 10.2. The second-order valence-corrected chi connectivity index (χ2v) is 3.69. The Morgan fingerprint density at radius 2 is 2.24 bits per heavy atom. The molecule has 7 nitrogen and oxygen atoms in total. The number of aryl methyl sites for hydroxylation is 3. The van der Waals surface area contributed by atoms with Gasteiger partial charge in [-0.25, -0.2) is 9.48 Å². The summed E-state index contributed by atoms with van der Waals surface area (Å²) < 4.78 is 6.80. The lowest BCUT2D eigenvalue weighted by Gasteiger charge is -2.02. The van der Waals surface area contributed by atoms with Gasteiger partial charge in [-0.05, 0) is 13.8 Å². The van der Waals surface area contributed by atoms with Crippen molar-refractivity contribution in [2.45, 2.75) is 13.8 Å². The Morgan fingerprint density at radius 1 is 1.53 bits per heavy atom. The molecule has 90 valence electrons. The molecule has 2 aromatic rings. The molecule has 0 atom stereocenters. The standard InChI is InChI=1S/C10H12N4O3/c1-5-4-7(12-11-5)17-9-8(10(15)16)6(2)13-14(9)3/h4H,1-3H3,(H,11,12)(H,15,16). The van der Waals surface area contributed by atoms with E-state index in [1.54, 1.807) is 20.0 Å². The summed E-state index contributed by atoms with van der Waals surface area (Å²) in [6.45, 7) is 3.44. The van der Waals surface area contributed by atoms with Crippen LogP contribution in [-0.4, -0.2) is 31.1 Å². The highest BCUT2D eigenvalue weighted by Gasteiger charge is 2.22. The molecule has 0 saturated carbocycles. The fourth-order valence-electron chi connectivity index (χ4n) is 1.54. The minimum atomic E-state index is -1.07. The molecule has 2 rings (SSSR count). The van der Waals surface area contributed by atoms with Crippen LogP contribution >= 0.6 is 0 Å². The van der Waals surface area contributed by atoms with Gasteiger partial charge in [-0.1, -0.05) is 0 Å². The predicted molar refractivity (Wildman–Crippen MR) is 58.3 cm³/mol. The van der Waals surface area contributed by atoms with E-state index in [-0.39, 0.29) is 11.4 Å². The molecule has 2 heterocycles. The molecule has 0 fully saturated rings. The lowest BCUT2D eigenvalue weighted by molar-refractivity contribution is 0.0693. The van der Waals surface area contributed by atoms with Gasteiger partial charge in [-0.15, -0.1) is 5.10 Å². The molecule has 17 heavy (non-hydrogen) atoms. The number of ether oxygens (including phenoxy) is 1. The summed E-state index contributed by atoms with van der Waals surface area (Å²) in [5, 5.41) is 19.7. The highest BCUT2D eigenvalue weighted by molar-refractivity contribution is 5.91. The van der Waals surface area contributed by atoms with Crippen molar-refractivity contribution in [1.29, 1.82) is 0 Å². The summed E-state index contributed by atoms with van der Waals surface area (Å²) in [5.41, 5.74) is 1.28. The molecule has 0 amide bonds. The van der Waals surface area contributed by atoms with Crippen LogP contribution in [0.15, 0.2) is 6.07 Å². The third-order valence-corrected chi connectivity index (χ3v) is 2.27. The summed E-state index contributed by atoms with van der Waals surface area (Å²) in [6.07, 6.45) is 0. The molecule has 7 heteroatoms. The number of aromatic amines is 1. The summed E-state index contributed by atoms with van der Waals surface area (Å²) >= 11 is 0. The third-order valence-electron chi connectivity index (χ3n) is 2.27. The highest BCUT2D eigenvalue weighted by Crippen LogP contribution is 2.26. The minimum Gasteiger partial charge on any atom is -0.477 e. The van der Waals surface area contributed by atoms with Gasteiger partial charge < -0.3 is 9.84 Å². The van der Waals surface area contributed by atoms with Crippen molar-refractivity contribution in [3.05, 3.63) is 23.0 Å². The van der Waals surface area contributed by atoms with E-state index in [4.69, 9.17) is 9.84 Å². The molecule has 0 bridgehead atoms. The molecule has 2 aromatic heterocycles. The Morgan fingerprint density at radius 3 is 2.76 bits per heavy atom. The van der Waals surface area contributed by atoms with Gasteiger partial charge in [-0.3, -0.25) is 5.10 Å². The maximum atomic E-state index is 11.1. The summed E-state index contributed by atoms with van der Waals surface area (Å²) in [4.78, 5) is 11.1. The van der Waals surface area contributed by atoms with Gasteiger partial charge >= 0.3 is 5.97 Å². The minimum absolute atomic E-state index is 0.0492. The van der Waals surface area contributed by atoms with Gasteiger partial charge in [0.1, 0.15) is 5.56 Å².